The van der Waals surface area contributed by atoms with Gasteiger partial charge in [0, 0.05) is 19.2 Å². The van der Waals surface area contributed by atoms with Crippen molar-refractivity contribution in [1.82, 2.24) is 14.9 Å². The Labute approximate surface area is 107 Å². The summed E-state index contributed by atoms with van der Waals surface area (Å²) < 4.78 is 0. The number of piperidine rings is 1. The normalized spacial score (nSPS) is 17.2. The molecule has 0 saturated carbocycles. The number of likely N-dealkylation sites (tertiary alicyclic amines) is 1. The van der Waals surface area contributed by atoms with Crippen LogP contribution in [0.5, 0.6) is 0 Å². The van der Waals surface area contributed by atoms with E-state index in [4.69, 9.17) is 5.26 Å². The van der Waals surface area contributed by atoms with Crippen molar-refractivity contribution in [1.29, 1.82) is 5.26 Å². The smallest absolute Gasteiger partial charge is 0.185 e. The number of nitrogens with zero attached hydrogens (tertiary/aromatic N) is 5. The van der Waals surface area contributed by atoms with Crippen molar-refractivity contribution in [2.75, 3.05) is 37.4 Å². The monoisotopic (exact) mass is 246 g/mol. The van der Waals surface area contributed by atoms with Gasteiger partial charge in [-0.3, -0.25) is 4.90 Å². The first kappa shape index (κ1) is 12.6. The Bertz CT molecular complexity index is 432. The van der Waals surface area contributed by atoms with E-state index >= 15 is 0 Å². The van der Waals surface area contributed by atoms with Gasteiger partial charge in [-0.15, -0.1) is 0 Å². The number of aromatic nitrogens is 2. The highest BCUT2D eigenvalue weighted by atomic mass is 15.2. The maximum absolute atomic E-state index is 8.82. The molecule has 1 fully saturated rings. The van der Waals surface area contributed by atoms with E-state index in [1.807, 2.05) is 12.3 Å². The van der Waals surface area contributed by atoms with Gasteiger partial charge < -0.3 is 10.2 Å². The first-order valence-corrected chi connectivity index (χ1v) is 6.09. The highest BCUT2D eigenvalue weighted by Crippen LogP contribution is 2.16. The summed E-state index contributed by atoms with van der Waals surface area (Å²) >= 11 is 0. The average molecular weight is 246 g/mol. The second-order valence-electron chi connectivity index (χ2n) is 4.64. The van der Waals surface area contributed by atoms with Crippen molar-refractivity contribution in [3.63, 3.8) is 0 Å². The van der Waals surface area contributed by atoms with E-state index in [9.17, 15) is 0 Å². The Kier molecular flexibility index (Phi) is 3.95. The van der Waals surface area contributed by atoms with Crippen LogP contribution in [0.3, 0.4) is 0 Å². The number of nitrogens with one attached hydrogen (secondary N) is 1. The van der Waals surface area contributed by atoms with Gasteiger partial charge in [-0.05, 0) is 33.0 Å². The maximum atomic E-state index is 8.82. The molecule has 1 aromatic rings. The zero-order valence-electron chi connectivity index (χ0n) is 10.8. The summed E-state index contributed by atoms with van der Waals surface area (Å²) in [5, 5.41) is 12.2. The highest BCUT2D eigenvalue weighted by Gasteiger charge is 2.16. The van der Waals surface area contributed by atoms with Crippen LogP contribution >= 0.6 is 0 Å². The minimum Gasteiger partial charge on any atom is -0.367 e. The largest absolute Gasteiger partial charge is 0.367 e. The molecule has 1 saturated heterocycles. The van der Waals surface area contributed by atoms with E-state index in [0.29, 0.717) is 11.9 Å². The van der Waals surface area contributed by atoms with Gasteiger partial charge >= 0.3 is 0 Å². The van der Waals surface area contributed by atoms with Crippen molar-refractivity contribution in [3.05, 3.63) is 12.4 Å². The van der Waals surface area contributed by atoms with Crippen LogP contribution < -0.4 is 10.2 Å². The van der Waals surface area contributed by atoms with Crippen molar-refractivity contribution < 1.29 is 0 Å². The fourth-order valence-corrected chi connectivity index (χ4v) is 2.02. The zero-order valence-corrected chi connectivity index (χ0v) is 10.8. The molecule has 2 heterocycles. The summed E-state index contributed by atoms with van der Waals surface area (Å²) in [6, 6.07) is 2.26. The molecule has 0 amide bonds. The molecule has 6 nitrogen and oxygen atoms in total. The molecule has 0 unspecified atom stereocenters. The van der Waals surface area contributed by atoms with Crippen LogP contribution in [-0.4, -0.2) is 48.1 Å². The van der Waals surface area contributed by atoms with Gasteiger partial charge in [0.05, 0.1) is 0 Å². The van der Waals surface area contributed by atoms with Crippen LogP contribution in [0.15, 0.2) is 12.4 Å². The molecule has 0 spiro atoms. The van der Waals surface area contributed by atoms with E-state index < -0.39 is 0 Å². The Morgan fingerprint density at radius 1 is 1.44 bits per heavy atom. The third-order valence-corrected chi connectivity index (χ3v) is 3.22. The van der Waals surface area contributed by atoms with Gasteiger partial charge in [0.15, 0.2) is 6.19 Å². The summed E-state index contributed by atoms with van der Waals surface area (Å²) in [7, 11) is 3.82. The van der Waals surface area contributed by atoms with Gasteiger partial charge in [0.1, 0.15) is 18.0 Å². The molecule has 1 aromatic heterocycles. The zero-order chi connectivity index (χ0) is 13.0. The van der Waals surface area contributed by atoms with Gasteiger partial charge in [0.25, 0.3) is 0 Å². The van der Waals surface area contributed by atoms with Crippen LogP contribution in [0, 0.1) is 11.5 Å². The molecule has 1 aliphatic heterocycles. The third-order valence-electron chi connectivity index (χ3n) is 3.22. The lowest BCUT2D eigenvalue weighted by Gasteiger charge is -2.29. The first-order valence-electron chi connectivity index (χ1n) is 6.09. The molecule has 0 bridgehead atoms. The molecule has 18 heavy (non-hydrogen) atoms. The first-order chi connectivity index (χ1) is 8.69. The van der Waals surface area contributed by atoms with Crippen molar-refractivity contribution >= 4 is 11.6 Å². The van der Waals surface area contributed by atoms with Crippen LogP contribution in [0.1, 0.15) is 12.8 Å². The van der Waals surface area contributed by atoms with Crippen molar-refractivity contribution in [2.24, 2.45) is 0 Å². The second kappa shape index (κ2) is 5.65. The Morgan fingerprint density at radius 3 is 2.83 bits per heavy atom. The number of rotatable bonds is 3. The number of hydrogen-bond donors (Lipinski definition) is 1. The van der Waals surface area contributed by atoms with Crippen molar-refractivity contribution in [3.8, 4) is 6.19 Å². The number of hydrogen-bond acceptors (Lipinski definition) is 6. The lowest BCUT2D eigenvalue weighted by Crippen LogP contribution is -2.36. The molecule has 96 valence electrons. The van der Waals surface area contributed by atoms with E-state index in [-0.39, 0.29) is 0 Å². The molecule has 6 heteroatoms. The number of nitriles is 1. The third kappa shape index (κ3) is 3.08. The molecule has 1 N–H and O–H groups in total. The van der Waals surface area contributed by atoms with E-state index in [1.54, 1.807) is 7.05 Å². The fourth-order valence-electron chi connectivity index (χ4n) is 2.02. The Hall–Kier alpha value is -1.87. The molecule has 0 atom stereocenters. The molecular weight excluding hydrogens is 228 g/mol. The van der Waals surface area contributed by atoms with Gasteiger partial charge in [-0.25, -0.2) is 9.97 Å². The lowest BCUT2D eigenvalue weighted by atomic mass is 10.1. The average Bonchev–Trinajstić information content (AvgIpc) is 2.41. The molecule has 0 aromatic carbocycles. The molecule has 2 rings (SSSR count). The van der Waals surface area contributed by atoms with E-state index in [0.717, 1.165) is 31.7 Å². The van der Waals surface area contributed by atoms with Gasteiger partial charge in [0.2, 0.25) is 0 Å². The molecule has 0 radical (unpaired) electrons. The summed E-state index contributed by atoms with van der Waals surface area (Å²) in [6.45, 7) is 2.21. The van der Waals surface area contributed by atoms with Crippen LogP contribution in [0.25, 0.3) is 0 Å². The molecular formula is C12H18N6. The molecule has 1 aliphatic rings. The summed E-state index contributed by atoms with van der Waals surface area (Å²) in [5.41, 5.74) is 0. The molecule has 0 aliphatic carbocycles. The topological polar surface area (TPSA) is 68.1 Å². The highest BCUT2D eigenvalue weighted by molar-refractivity contribution is 5.50. The fraction of sp³-hybridized carbons (Fsp3) is 0.583. The maximum Gasteiger partial charge on any atom is 0.185 e. The quantitative estimate of drug-likeness (QED) is 0.631. The van der Waals surface area contributed by atoms with Crippen LogP contribution in [-0.2, 0) is 0 Å². The van der Waals surface area contributed by atoms with Crippen LogP contribution in [0.2, 0.25) is 0 Å². The summed E-state index contributed by atoms with van der Waals surface area (Å²) in [6.07, 6.45) is 5.74. The SMILES string of the molecule is CN1CCC(Nc2cc(N(C)C#N)ncn2)CC1. The number of anilines is 2. The predicted octanol–water partition coefficient (Wildman–Crippen LogP) is 0.900. The van der Waals surface area contributed by atoms with Gasteiger partial charge in [-0.2, -0.15) is 5.26 Å². The standard InChI is InChI=1S/C12H18N6/c1-17-5-3-10(4-6-17)16-11-7-12(15-9-14-11)18(2)8-13/h7,9-10H,3-6H2,1-2H3,(H,14,15,16). The van der Waals surface area contributed by atoms with Crippen LogP contribution in [0.4, 0.5) is 11.6 Å². The minimum atomic E-state index is 0.455. The summed E-state index contributed by atoms with van der Waals surface area (Å²) in [4.78, 5) is 12.0. The predicted molar refractivity (Wildman–Crippen MR) is 70.2 cm³/mol. The minimum absolute atomic E-state index is 0.455. The Morgan fingerprint density at radius 2 is 2.17 bits per heavy atom. The summed E-state index contributed by atoms with van der Waals surface area (Å²) in [5.74, 6) is 1.40. The van der Waals surface area contributed by atoms with Crippen molar-refractivity contribution in [2.45, 2.75) is 18.9 Å². The van der Waals surface area contributed by atoms with E-state index in [1.165, 1.54) is 11.2 Å². The van der Waals surface area contributed by atoms with E-state index in [2.05, 4.69) is 27.2 Å². The second-order valence-corrected chi connectivity index (χ2v) is 4.64. The lowest BCUT2D eigenvalue weighted by molar-refractivity contribution is 0.263. The van der Waals surface area contributed by atoms with Gasteiger partial charge in [-0.1, -0.05) is 0 Å². The Balaban J connectivity index is 1.99.